The van der Waals surface area contributed by atoms with Gasteiger partial charge in [-0.25, -0.2) is 5.43 Å². The highest BCUT2D eigenvalue weighted by atomic mass is 32.1. The van der Waals surface area contributed by atoms with Crippen molar-refractivity contribution in [1.82, 2.24) is 5.43 Å². The van der Waals surface area contributed by atoms with Crippen LogP contribution in [0.5, 0.6) is 0 Å². The minimum atomic E-state index is -0.202. The van der Waals surface area contributed by atoms with Crippen LogP contribution in [0.4, 0.5) is 0 Å². The number of carbonyl (C=O) groups is 1. The molecule has 24 heavy (non-hydrogen) atoms. The van der Waals surface area contributed by atoms with Crippen LogP contribution in [0, 0.1) is 0 Å². The van der Waals surface area contributed by atoms with Gasteiger partial charge in [0, 0.05) is 5.56 Å². The van der Waals surface area contributed by atoms with Crippen LogP contribution >= 0.6 is 11.3 Å². The van der Waals surface area contributed by atoms with Gasteiger partial charge in [0.05, 0.1) is 10.6 Å². The third-order valence-corrected chi connectivity index (χ3v) is 4.19. The molecule has 0 spiro atoms. The maximum absolute atomic E-state index is 12.1. The van der Waals surface area contributed by atoms with Gasteiger partial charge in [0.2, 0.25) is 0 Å². The molecular weight excluding hydrogens is 316 g/mol. The van der Waals surface area contributed by atoms with Gasteiger partial charge >= 0.3 is 0 Å². The van der Waals surface area contributed by atoms with Crippen molar-refractivity contribution >= 4 is 29.0 Å². The van der Waals surface area contributed by atoms with E-state index in [1.807, 2.05) is 84.3 Å². The largest absolute Gasteiger partial charge is 0.281 e. The zero-order valence-electron chi connectivity index (χ0n) is 12.9. The lowest BCUT2D eigenvalue weighted by Gasteiger charge is -2.03. The minimum Gasteiger partial charge on any atom is -0.266 e. The Hall–Kier alpha value is -2.98. The summed E-state index contributed by atoms with van der Waals surface area (Å²) in [5.74, 6) is -0.202. The molecule has 1 amide bonds. The SMILES string of the molecule is O=C(N/N=C(\C=C/c1ccccc1)c1ccccc1)c1cccs1. The zero-order chi connectivity index (χ0) is 16.6. The van der Waals surface area contributed by atoms with E-state index in [1.165, 1.54) is 11.3 Å². The van der Waals surface area contributed by atoms with E-state index in [9.17, 15) is 4.79 Å². The molecule has 0 atom stereocenters. The molecule has 118 valence electrons. The van der Waals surface area contributed by atoms with Crippen molar-refractivity contribution < 1.29 is 4.79 Å². The molecule has 1 N–H and O–H groups in total. The molecule has 0 radical (unpaired) electrons. The number of hydrogen-bond donors (Lipinski definition) is 1. The van der Waals surface area contributed by atoms with Crippen LogP contribution in [0.25, 0.3) is 6.08 Å². The summed E-state index contributed by atoms with van der Waals surface area (Å²) in [6.07, 6.45) is 3.88. The van der Waals surface area contributed by atoms with Crippen molar-refractivity contribution in [1.29, 1.82) is 0 Å². The Morgan fingerprint density at radius 3 is 2.29 bits per heavy atom. The summed E-state index contributed by atoms with van der Waals surface area (Å²) >= 11 is 1.39. The third kappa shape index (κ3) is 4.27. The van der Waals surface area contributed by atoms with E-state index in [0.29, 0.717) is 10.6 Å². The van der Waals surface area contributed by atoms with Crippen LogP contribution in [-0.4, -0.2) is 11.6 Å². The summed E-state index contributed by atoms with van der Waals surface area (Å²) in [6, 6.07) is 23.4. The highest BCUT2D eigenvalue weighted by Crippen LogP contribution is 2.09. The fourth-order valence-electron chi connectivity index (χ4n) is 2.12. The standard InChI is InChI=1S/C20H16N2OS/c23-20(19-12-7-15-24-19)22-21-18(17-10-5-2-6-11-17)14-13-16-8-3-1-4-9-16/h1-15H,(H,22,23)/b14-13-,21-18+. The molecular formula is C20H16N2OS. The Balaban J connectivity index is 1.83. The lowest BCUT2D eigenvalue weighted by atomic mass is 10.1. The summed E-state index contributed by atoms with van der Waals surface area (Å²) in [7, 11) is 0. The van der Waals surface area contributed by atoms with Gasteiger partial charge in [-0.05, 0) is 23.1 Å². The van der Waals surface area contributed by atoms with Gasteiger partial charge < -0.3 is 0 Å². The van der Waals surface area contributed by atoms with Gasteiger partial charge in [-0.2, -0.15) is 5.10 Å². The fourth-order valence-corrected chi connectivity index (χ4v) is 2.73. The first-order valence-corrected chi connectivity index (χ1v) is 8.41. The molecule has 1 aromatic heterocycles. The van der Waals surface area contributed by atoms with E-state index in [2.05, 4.69) is 10.5 Å². The maximum atomic E-state index is 12.1. The molecule has 0 fully saturated rings. The molecule has 0 bridgehead atoms. The van der Waals surface area contributed by atoms with Crippen LogP contribution in [0.15, 0.2) is 89.4 Å². The van der Waals surface area contributed by atoms with Crippen molar-refractivity contribution in [3.8, 4) is 0 Å². The Labute approximate surface area is 145 Å². The molecule has 4 heteroatoms. The number of hydrazone groups is 1. The molecule has 3 rings (SSSR count). The predicted molar refractivity (Wildman–Crippen MR) is 100 cm³/mol. The Morgan fingerprint density at radius 2 is 1.62 bits per heavy atom. The highest BCUT2D eigenvalue weighted by molar-refractivity contribution is 7.12. The van der Waals surface area contributed by atoms with Crippen molar-refractivity contribution in [2.75, 3.05) is 0 Å². The topological polar surface area (TPSA) is 41.5 Å². The number of thiophene rings is 1. The predicted octanol–water partition coefficient (Wildman–Crippen LogP) is 4.60. The summed E-state index contributed by atoms with van der Waals surface area (Å²) in [5, 5.41) is 6.17. The molecule has 0 saturated carbocycles. The third-order valence-electron chi connectivity index (χ3n) is 3.33. The first-order valence-electron chi connectivity index (χ1n) is 7.53. The lowest BCUT2D eigenvalue weighted by molar-refractivity contribution is 0.0959. The Kier molecular flexibility index (Phi) is 5.32. The Morgan fingerprint density at radius 1 is 0.917 bits per heavy atom. The average molecular weight is 332 g/mol. The second kappa shape index (κ2) is 8.04. The number of hydrogen-bond acceptors (Lipinski definition) is 3. The van der Waals surface area contributed by atoms with Crippen molar-refractivity contribution in [3.05, 3.63) is 100 Å². The molecule has 0 aliphatic heterocycles. The molecule has 1 heterocycles. The molecule has 0 unspecified atom stereocenters. The monoisotopic (exact) mass is 332 g/mol. The minimum absolute atomic E-state index is 0.202. The van der Waals surface area contributed by atoms with Crippen molar-refractivity contribution in [3.63, 3.8) is 0 Å². The highest BCUT2D eigenvalue weighted by Gasteiger charge is 2.06. The number of rotatable bonds is 5. The van der Waals surface area contributed by atoms with Gasteiger partial charge in [-0.1, -0.05) is 72.8 Å². The van der Waals surface area contributed by atoms with E-state index in [0.717, 1.165) is 11.1 Å². The van der Waals surface area contributed by atoms with E-state index < -0.39 is 0 Å². The van der Waals surface area contributed by atoms with Crippen molar-refractivity contribution in [2.45, 2.75) is 0 Å². The van der Waals surface area contributed by atoms with Gasteiger partial charge in [0.15, 0.2) is 0 Å². The number of nitrogens with zero attached hydrogens (tertiary/aromatic N) is 1. The smallest absolute Gasteiger partial charge is 0.266 e. The molecule has 0 aliphatic rings. The normalized spacial score (nSPS) is 11.6. The molecule has 2 aromatic carbocycles. The molecule has 0 saturated heterocycles. The summed E-state index contributed by atoms with van der Waals surface area (Å²) in [6.45, 7) is 0. The van der Waals surface area contributed by atoms with E-state index in [-0.39, 0.29) is 5.91 Å². The van der Waals surface area contributed by atoms with Crippen LogP contribution in [0.1, 0.15) is 20.8 Å². The summed E-state index contributed by atoms with van der Waals surface area (Å²) in [5.41, 5.74) is 5.34. The second-order valence-corrected chi connectivity index (χ2v) is 5.97. The second-order valence-electron chi connectivity index (χ2n) is 5.03. The van der Waals surface area contributed by atoms with E-state index in [1.54, 1.807) is 6.07 Å². The first kappa shape index (κ1) is 15.9. The van der Waals surface area contributed by atoms with E-state index in [4.69, 9.17) is 0 Å². The number of nitrogens with one attached hydrogen (secondary N) is 1. The average Bonchev–Trinajstić information content (AvgIpc) is 3.18. The van der Waals surface area contributed by atoms with Gasteiger partial charge in [-0.3, -0.25) is 4.79 Å². The fraction of sp³-hybridized carbons (Fsp3) is 0. The quantitative estimate of drug-likeness (QED) is 0.538. The Bertz CT molecular complexity index is 838. The van der Waals surface area contributed by atoms with Gasteiger partial charge in [-0.15, -0.1) is 11.3 Å². The maximum Gasteiger partial charge on any atom is 0.281 e. The first-order chi connectivity index (χ1) is 11.8. The summed E-state index contributed by atoms with van der Waals surface area (Å²) in [4.78, 5) is 12.7. The lowest BCUT2D eigenvalue weighted by Crippen LogP contribution is -2.18. The van der Waals surface area contributed by atoms with Crippen LogP contribution in [0.3, 0.4) is 0 Å². The van der Waals surface area contributed by atoms with Gasteiger partial charge in [0.1, 0.15) is 0 Å². The van der Waals surface area contributed by atoms with E-state index >= 15 is 0 Å². The number of amides is 1. The van der Waals surface area contributed by atoms with Crippen LogP contribution < -0.4 is 5.43 Å². The molecule has 3 nitrogen and oxygen atoms in total. The number of carbonyl (C=O) groups excluding carboxylic acids is 1. The summed E-state index contributed by atoms with van der Waals surface area (Å²) < 4.78 is 0. The zero-order valence-corrected chi connectivity index (χ0v) is 13.7. The van der Waals surface area contributed by atoms with Crippen LogP contribution in [-0.2, 0) is 0 Å². The number of benzene rings is 2. The molecule has 3 aromatic rings. The molecule has 0 aliphatic carbocycles. The number of allylic oxidation sites excluding steroid dienone is 1. The van der Waals surface area contributed by atoms with Gasteiger partial charge in [0.25, 0.3) is 5.91 Å². The van der Waals surface area contributed by atoms with Crippen molar-refractivity contribution in [2.24, 2.45) is 5.10 Å². The van der Waals surface area contributed by atoms with Crippen LogP contribution in [0.2, 0.25) is 0 Å².